The molecule has 0 spiro atoms. The Hall–Kier alpha value is -2.77. The van der Waals surface area contributed by atoms with Crippen molar-refractivity contribution in [2.75, 3.05) is 6.61 Å². The Morgan fingerprint density at radius 3 is 2.84 bits per heavy atom. The number of nitro benzene ring substituents is 1. The Labute approximate surface area is 108 Å². The van der Waals surface area contributed by atoms with Crippen LogP contribution in [0.25, 0.3) is 0 Å². The lowest BCUT2D eigenvalue weighted by atomic mass is 10.2. The van der Waals surface area contributed by atoms with Crippen molar-refractivity contribution in [1.29, 1.82) is 0 Å². The van der Waals surface area contributed by atoms with E-state index in [0.717, 1.165) is 0 Å². The van der Waals surface area contributed by atoms with Gasteiger partial charge in [-0.3, -0.25) is 10.1 Å². The van der Waals surface area contributed by atoms with Gasteiger partial charge in [0.05, 0.1) is 17.7 Å². The molecule has 98 valence electrons. The summed E-state index contributed by atoms with van der Waals surface area (Å²) < 4.78 is 6.58. The van der Waals surface area contributed by atoms with E-state index in [4.69, 9.17) is 4.74 Å². The van der Waals surface area contributed by atoms with E-state index in [1.807, 2.05) is 0 Å². The van der Waals surface area contributed by atoms with E-state index in [0.29, 0.717) is 12.2 Å². The third kappa shape index (κ3) is 3.12. The maximum absolute atomic E-state index is 10.9. The minimum Gasteiger partial charge on any atom is -0.487 e. The Morgan fingerprint density at radius 1 is 1.47 bits per heavy atom. The number of hydrogen-bond acceptors (Lipinski definition) is 6. The fourth-order valence-corrected chi connectivity index (χ4v) is 1.42. The first kappa shape index (κ1) is 12.7. The first-order valence-corrected chi connectivity index (χ1v) is 5.51. The van der Waals surface area contributed by atoms with Crippen LogP contribution in [0.2, 0.25) is 0 Å². The number of aromatic nitrogens is 3. The van der Waals surface area contributed by atoms with Crippen LogP contribution in [-0.2, 0) is 0 Å². The highest BCUT2D eigenvalue weighted by Gasteiger charge is 2.14. The zero-order chi connectivity index (χ0) is 13.7. The lowest BCUT2D eigenvalue weighted by Gasteiger charge is -2.04. The molecule has 0 N–H and O–H groups in total. The molecule has 2 aromatic rings. The molecule has 0 aliphatic rings. The Balaban J connectivity index is 2.27. The van der Waals surface area contributed by atoms with Crippen LogP contribution in [0.15, 0.2) is 36.0 Å². The van der Waals surface area contributed by atoms with E-state index in [9.17, 15) is 10.1 Å². The number of benzene rings is 1. The number of hydrogen-bond donors (Lipinski definition) is 0. The molecule has 1 heterocycles. The zero-order valence-corrected chi connectivity index (χ0v) is 10.1. The molecule has 8 nitrogen and oxygen atoms in total. The number of ether oxygens (including phenoxy) is 1. The summed E-state index contributed by atoms with van der Waals surface area (Å²) in [6.45, 7) is 2.14. The van der Waals surface area contributed by atoms with Crippen molar-refractivity contribution in [2.45, 2.75) is 6.92 Å². The molecule has 0 radical (unpaired) electrons. The average molecular weight is 261 g/mol. The second-order valence-corrected chi connectivity index (χ2v) is 3.50. The van der Waals surface area contributed by atoms with Gasteiger partial charge in [-0.25, -0.2) is 4.68 Å². The van der Waals surface area contributed by atoms with Crippen molar-refractivity contribution in [1.82, 2.24) is 14.9 Å². The van der Waals surface area contributed by atoms with Gasteiger partial charge in [0.2, 0.25) is 0 Å². The van der Waals surface area contributed by atoms with E-state index >= 15 is 0 Å². The van der Waals surface area contributed by atoms with E-state index in [2.05, 4.69) is 15.3 Å². The second kappa shape index (κ2) is 5.71. The molecule has 1 aromatic carbocycles. The van der Waals surface area contributed by atoms with Gasteiger partial charge >= 0.3 is 5.69 Å². The van der Waals surface area contributed by atoms with E-state index in [1.54, 1.807) is 19.1 Å². The van der Waals surface area contributed by atoms with Crippen LogP contribution in [0.3, 0.4) is 0 Å². The third-order valence-electron chi connectivity index (χ3n) is 2.23. The number of nitro groups is 1. The second-order valence-electron chi connectivity index (χ2n) is 3.50. The van der Waals surface area contributed by atoms with Crippen LogP contribution in [0.5, 0.6) is 5.75 Å². The van der Waals surface area contributed by atoms with E-state index in [1.165, 1.54) is 29.6 Å². The van der Waals surface area contributed by atoms with Crippen LogP contribution < -0.4 is 4.74 Å². The van der Waals surface area contributed by atoms with Gasteiger partial charge in [-0.15, -0.1) is 10.2 Å². The SMILES string of the molecule is CCOc1ccc(C=Nn2cnnc2)cc1[N+](=O)[O-]. The minimum absolute atomic E-state index is 0.0884. The molecule has 0 fully saturated rings. The topological polar surface area (TPSA) is 95.4 Å². The highest BCUT2D eigenvalue weighted by atomic mass is 16.6. The zero-order valence-electron chi connectivity index (χ0n) is 10.1. The molecule has 8 heteroatoms. The van der Waals surface area contributed by atoms with Crippen molar-refractivity contribution in [2.24, 2.45) is 5.10 Å². The lowest BCUT2D eigenvalue weighted by Crippen LogP contribution is -1.98. The summed E-state index contributed by atoms with van der Waals surface area (Å²) in [4.78, 5) is 10.5. The molecule has 0 aliphatic carbocycles. The van der Waals surface area contributed by atoms with Crippen molar-refractivity contribution < 1.29 is 9.66 Å². The van der Waals surface area contributed by atoms with Crippen LogP contribution in [0.1, 0.15) is 12.5 Å². The minimum atomic E-state index is -0.485. The third-order valence-corrected chi connectivity index (χ3v) is 2.23. The van der Waals surface area contributed by atoms with Gasteiger partial charge in [-0.1, -0.05) is 0 Å². The molecule has 0 bridgehead atoms. The smallest absolute Gasteiger partial charge is 0.311 e. The maximum Gasteiger partial charge on any atom is 0.311 e. The molecule has 19 heavy (non-hydrogen) atoms. The van der Waals surface area contributed by atoms with Crippen LogP contribution in [0.4, 0.5) is 5.69 Å². The molecule has 2 rings (SSSR count). The quantitative estimate of drug-likeness (QED) is 0.461. The Bertz CT molecular complexity index is 594. The summed E-state index contributed by atoms with van der Waals surface area (Å²) in [7, 11) is 0. The first-order valence-electron chi connectivity index (χ1n) is 5.51. The van der Waals surface area contributed by atoms with Gasteiger partial charge < -0.3 is 4.74 Å². The normalized spacial score (nSPS) is 10.8. The summed E-state index contributed by atoms with van der Waals surface area (Å²) in [5, 5.41) is 22.1. The molecule has 0 saturated carbocycles. The van der Waals surface area contributed by atoms with Crippen LogP contribution >= 0.6 is 0 Å². The number of rotatable bonds is 5. The van der Waals surface area contributed by atoms with Gasteiger partial charge in [0.25, 0.3) is 0 Å². The molecule has 0 aliphatic heterocycles. The van der Waals surface area contributed by atoms with Crippen molar-refractivity contribution in [3.8, 4) is 5.75 Å². The fourth-order valence-electron chi connectivity index (χ4n) is 1.42. The van der Waals surface area contributed by atoms with E-state index < -0.39 is 4.92 Å². The molecular formula is C11H11N5O3. The molecule has 0 amide bonds. The molecule has 0 saturated heterocycles. The monoisotopic (exact) mass is 261 g/mol. The summed E-state index contributed by atoms with van der Waals surface area (Å²) in [5.41, 5.74) is 0.499. The largest absolute Gasteiger partial charge is 0.487 e. The Morgan fingerprint density at radius 2 is 2.21 bits per heavy atom. The van der Waals surface area contributed by atoms with E-state index in [-0.39, 0.29) is 11.4 Å². The lowest BCUT2D eigenvalue weighted by molar-refractivity contribution is -0.385. The standard InChI is InChI=1S/C11H11N5O3/c1-2-19-11-4-3-9(5-10(11)16(17)18)6-14-15-7-12-13-8-15/h3-8H,2H2,1H3. The van der Waals surface area contributed by atoms with Gasteiger partial charge in [0.15, 0.2) is 5.75 Å². The maximum atomic E-state index is 10.9. The van der Waals surface area contributed by atoms with Crippen molar-refractivity contribution >= 4 is 11.9 Å². The van der Waals surface area contributed by atoms with Gasteiger partial charge in [-0.2, -0.15) is 5.10 Å². The molecule has 0 unspecified atom stereocenters. The fraction of sp³-hybridized carbons (Fsp3) is 0.182. The van der Waals surface area contributed by atoms with Gasteiger partial charge in [0.1, 0.15) is 12.7 Å². The van der Waals surface area contributed by atoms with Gasteiger partial charge in [0, 0.05) is 11.6 Å². The number of nitrogens with zero attached hydrogens (tertiary/aromatic N) is 5. The molecular weight excluding hydrogens is 250 g/mol. The molecule has 0 atom stereocenters. The van der Waals surface area contributed by atoms with Gasteiger partial charge in [-0.05, 0) is 19.1 Å². The highest BCUT2D eigenvalue weighted by molar-refractivity contribution is 5.81. The summed E-state index contributed by atoms with van der Waals surface area (Å²) in [6.07, 6.45) is 4.31. The van der Waals surface area contributed by atoms with Crippen LogP contribution in [0, 0.1) is 10.1 Å². The summed E-state index contributed by atoms with van der Waals surface area (Å²) in [5.74, 6) is 0.244. The summed E-state index contributed by atoms with van der Waals surface area (Å²) >= 11 is 0. The average Bonchev–Trinajstić information content (AvgIpc) is 2.91. The highest BCUT2D eigenvalue weighted by Crippen LogP contribution is 2.27. The summed E-state index contributed by atoms with van der Waals surface area (Å²) in [6, 6.07) is 4.64. The molecule has 1 aromatic heterocycles. The van der Waals surface area contributed by atoms with Crippen LogP contribution in [-0.4, -0.2) is 32.6 Å². The predicted octanol–water partition coefficient (Wildman–Crippen LogP) is 1.47. The Kier molecular flexibility index (Phi) is 3.81. The predicted molar refractivity (Wildman–Crippen MR) is 67.3 cm³/mol. The van der Waals surface area contributed by atoms with Crippen molar-refractivity contribution in [3.05, 3.63) is 46.5 Å². The first-order chi connectivity index (χ1) is 9.20. The van der Waals surface area contributed by atoms with Crippen molar-refractivity contribution in [3.63, 3.8) is 0 Å².